The van der Waals surface area contributed by atoms with Crippen molar-refractivity contribution in [3.05, 3.63) is 17.7 Å². The molecule has 146 valence electrons. The molecule has 7 heteroatoms. The predicted molar refractivity (Wildman–Crippen MR) is 105 cm³/mol. The van der Waals surface area contributed by atoms with E-state index in [-0.39, 0.29) is 0 Å². The van der Waals surface area contributed by atoms with Crippen molar-refractivity contribution in [2.75, 3.05) is 54.6 Å². The summed E-state index contributed by atoms with van der Waals surface area (Å²) in [5, 5.41) is 6.71. The number of piperidine rings is 1. The van der Waals surface area contributed by atoms with E-state index in [2.05, 4.69) is 20.5 Å². The zero-order valence-corrected chi connectivity index (χ0v) is 16.4. The molecule has 0 bridgehead atoms. The van der Waals surface area contributed by atoms with Crippen LogP contribution in [0, 0.1) is 0 Å². The van der Waals surface area contributed by atoms with Gasteiger partial charge in [-0.15, -0.1) is 0 Å². The molecule has 1 aromatic carbocycles. The van der Waals surface area contributed by atoms with Crippen LogP contribution in [0.1, 0.15) is 24.8 Å². The zero-order chi connectivity index (χ0) is 18.8. The fourth-order valence-corrected chi connectivity index (χ4v) is 3.15. The monoisotopic (exact) mass is 364 g/mol. The fraction of sp³-hybridized carbons (Fsp3) is 0.632. The maximum absolute atomic E-state index is 5.47. The summed E-state index contributed by atoms with van der Waals surface area (Å²) in [6.45, 7) is 4.91. The van der Waals surface area contributed by atoms with Gasteiger partial charge in [-0.3, -0.25) is 4.99 Å². The topological polar surface area (TPSA) is 67.4 Å². The molecular weight excluding hydrogens is 332 g/mol. The van der Waals surface area contributed by atoms with E-state index in [4.69, 9.17) is 14.2 Å². The third kappa shape index (κ3) is 5.69. The minimum Gasteiger partial charge on any atom is -0.496 e. The van der Waals surface area contributed by atoms with Crippen LogP contribution < -0.4 is 24.8 Å². The molecule has 2 rings (SSSR count). The second kappa shape index (κ2) is 10.8. The standard InChI is InChI=1S/C19H32N4O3/c1-20-19(21-8-11-23-9-6-5-7-10-23)22-14-15-12-17(25-3)18(26-4)13-16(15)24-2/h12-13H,5-11,14H2,1-4H3,(H2,20,21,22). The number of aliphatic imine (C=N–C) groups is 1. The molecule has 7 nitrogen and oxygen atoms in total. The number of nitrogens with one attached hydrogen (secondary N) is 2. The lowest BCUT2D eigenvalue weighted by molar-refractivity contribution is 0.232. The lowest BCUT2D eigenvalue weighted by atomic mass is 10.1. The molecule has 1 fully saturated rings. The molecule has 0 aromatic heterocycles. The highest BCUT2D eigenvalue weighted by atomic mass is 16.5. The average Bonchev–Trinajstić information content (AvgIpc) is 2.70. The van der Waals surface area contributed by atoms with Crippen LogP contribution in [0.5, 0.6) is 17.2 Å². The summed E-state index contributed by atoms with van der Waals surface area (Å²) in [6, 6.07) is 3.76. The molecule has 0 saturated carbocycles. The van der Waals surface area contributed by atoms with Gasteiger partial charge in [-0.2, -0.15) is 0 Å². The van der Waals surface area contributed by atoms with Crippen molar-refractivity contribution in [2.45, 2.75) is 25.8 Å². The Kier molecular flexibility index (Phi) is 8.34. The molecule has 1 heterocycles. The van der Waals surface area contributed by atoms with E-state index in [0.717, 1.165) is 30.4 Å². The van der Waals surface area contributed by atoms with E-state index in [1.165, 1.54) is 32.4 Å². The first-order valence-corrected chi connectivity index (χ1v) is 9.17. The number of hydrogen-bond donors (Lipinski definition) is 2. The van der Waals surface area contributed by atoms with Gasteiger partial charge in [0.05, 0.1) is 21.3 Å². The third-order valence-electron chi connectivity index (χ3n) is 4.63. The molecule has 1 aliphatic heterocycles. The van der Waals surface area contributed by atoms with Gasteiger partial charge in [0.15, 0.2) is 17.5 Å². The van der Waals surface area contributed by atoms with E-state index in [1.807, 2.05) is 12.1 Å². The molecule has 0 amide bonds. The molecule has 1 saturated heterocycles. The molecule has 1 aromatic rings. The molecule has 26 heavy (non-hydrogen) atoms. The van der Waals surface area contributed by atoms with Gasteiger partial charge < -0.3 is 29.7 Å². The van der Waals surface area contributed by atoms with Gasteiger partial charge in [0.1, 0.15) is 5.75 Å². The number of nitrogens with zero attached hydrogens (tertiary/aromatic N) is 2. The highest BCUT2D eigenvalue weighted by molar-refractivity contribution is 5.79. The Bertz CT molecular complexity index is 586. The largest absolute Gasteiger partial charge is 0.496 e. The molecule has 0 spiro atoms. The normalized spacial score (nSPS) is 15.5. The maximum atomic E-state index is 5.47. The van der Waals surface area contributed by atoms with Crippen molar-refractivity contribution in [2.24, 2.45) is 4.99 Å². The zero-order valence-electron chi connectivity index (χ0n) is 16.4. The van der Waals surface area contributed by atoms with Crippen LogP contribution >= 0.6 is 0 Å². The van der Waals surface area contributed by atoms with E-state index in [1.54, 1.807) is 28.4 Å². The summed E-state index contributed by atoms with van der Waals surface area (Å²) in [4.78, 5) is 6.80. The van der Waals surface area contributed by atoms with Gasteiger partial charge >= 0.3 is 0 Å². The van der Waals surface area contributed by atoms with Crippen LogP contribution in [0.3, 0.4) is 0 Å². The summed E-state index contributed by atoms with van der Waals surface area (Å²) in [5.74, 6) is 2.85. The Morgan fingerprint density at radius 1 is 0.962 bits per heavy atom. The van der Waals surface area contributed by atoms with Crippen molar-refractivity contribution in [3.8, 4) is 17.2 Å². The molecular formula is C19H32N4O3. The summed E-state index contributed by atoms with van der Waals surface area (Å²) in [6.07, 6.45) is 3.98. The maximum Gasteiger partial charge on any atom is 0.191 e. The Morgan fingerprint density at radius 2 is 1.62 bits per heavy atom. The van der Waals surface area contributed by atoms with Crippen molar-refractivity contribution >= 4 is 5.96 Å². The molecule has 0 atom stereocenters. The number of hydrogen-bond acceptors (Lipinski definition) is 5. The average molecular weight is 364 g/mol. The summed E-state index contributed by atoms with van der Waals surface area (Å²) < 4.78 is 16.2. The number of guanidine groups is 1. The Hall–Kier alpha value is -2.15. The van der Waals surface area contributed by atoms with E-state index in [9.17, 15) is 0 Å². The van der Waals surface area contributed by atoms with Crippen molar-refractivity contribution < 1.29 is 14.2 Å². The molecule has 0 radical (unpaired) electrons. The second-order valence-electron chi connectivity index (χ2n) is 6.27. The minimum atomic E-state index is 0.576. The molecule has 1 aliphatic rings. The summed E-state index contributed by atoms with van der Waals surface area (Å²) >= 11 is 0. The van der Waals surface area contributed by atoms with Gasteiger partial charge in [0.2, 0.25) is 0 Å². The number of methoxy groups -OCH3 is 3. The van der Waals surface area contributed by atoms with E-state index in [0.29, 0.717) is 18.0 Å². The third-order valence-corrected chi connectivity index (χ3v) is 4.63. The second-order valence-corrected chi connectivity index (χ2v) is 6.27. The lowest BCUT2D eigenvalue weighted by Gasteiger charge is -2.26. The van der Waals surface area contributed by atoms with Crippen LogP contribution in [0.25, 0.3) is 0 Å². The van der Waals surface area contributed by atoms with Gasteiger partial charge in [0.25, 0.3) is 0 Å². The first-order valence-electron chi connectivity index (χ1n) is 9.17. The molecule has 0 unspecified atom stereocenters. The van der Waals surface area contributed by atoms with Crippen molar-refractivity contribution in [3.63, 3.8) is 0 Å². The van der Waals surface area contributed by atoms with Crippen LogP contribution in [0.15, 0.2) is 17.1 Å². The van der Waals surface area contributed by atoms with Gasteiger partial charge in [-0.1, -0.05) is 6.42 Å². The number of likely N-dealkylation sites (tertiary alicyclic amines) is 1. The first kappa shape index (κ1) is 20.2. The van der Waals surface area contributed by atoms with Crippen molar-refractivity contribution in [1.29, 1.82) is 0 Å². The van der Waals surface area contributed by atoms with Crippen molar-refractivity contribution in [1.82, 2.24) is 15.5 Å². The highest BCUT2D eigenvalue weighted by Gasteiger charge is 2.13. The van der Waals surface area contributed by atoms with Crippen LogP contribution in [-0.2, 0) is 6.54 Å². The molecule has 2 N–H and O–H groups in total. The minimum absolute atomic E-state index is 0.576. The Labute approximate surface area is 156 Å². The summed E-state index contributed by atoms with van der Waals surface area (Å²) in [7, 11) is 6.67. The number of rotatable bonds is 8. The van der Waals surface area contributed by atoms with E-state index >= 15 is 0 Å². The highest BCUT2D eigenvalue weighted by Crippen LogP contribution is 2.34. The SMILES string of the molecule is CN=C(NCCN1CCCCC1)NCc1cc(OC)c(OC)cc1OC. The quantitative estimate of drug-likeness (QED) is 0.542. The van der Waals surface area contributed by atoms with Crippen LogP contribution in [0.2, 0.25) is 0 Å². The van der Waals surface area contributed by atoms with Gasteiger partial charge in [0, 0.05) is 38.3 Å². The van der Waals surface area contributed by atoms with Gasteiger partial charge in [-0.25, -0.2) is 0 Å². The Balaban J connectivity index is 1.88. The van der Waals surface area contributed by atoms with Gasteiger partial charge in [-0.05, 0) is 32.0 Å². The summed E-state index contributed by atoms with van der Waals surface area (Å²) in [5.41, 5.74) is 0.976. The number of ether oxygens (including phenoxy) is 3. The predicted octanol–water partition coefficient (Wildman–Crippen LogP) is 1.86. The smallest absolute Gasteiger partial charge is 0.191 e. The van der Waals surface area contributed by atoms with Crippen LogP contribution in [0.4, 0.5) is 0 Å². The lowest BCUT2D eigenvalue weighted by Crippen LogP contribution is -2.42. The first-order chi connectivity index (χ1) is 12.7. The molecule has 0 aliphatic carbocycles. The Morgan fingerprint density at radius 3 is 2.23 bits per heavy atom. The fourth-order valence-electron chi connectivity index (χ4n) is 3.15. The number of benzene rings is 1. The van der Waals surface area contributed by atoms with E-state index < -0.39 is 0 Å². The van der Waals surface area contributed by atoms with Crippen LogP contribution in [-0.4, -0.2) is 65.4 Å².